The van der Waals surface area contributed by atoms with Gasteiger partial charge in [-0.15, -0.1) is 0 Å². The topological polar surface area (TPSA) is 21.7 Å². The Balaban J connectivity index is 3.83. The summed E-state index contributed by atoms with van der Waals surface area (Å²) in [4.78, 5) is 2.39. The van der Waals surface area contributed by atoms with Crippen molar-refractivity contribution >= 4 is 8.56 Å². The fourth-order valence-electron chi connectivity index (χ4n) is 1.19. The van der Waals surface area contributed by atoms with Crippen molar-refractivity contribution in [3.8, 4) is 0 Å². The highest BCUT2D eigenvalue weighted by atomic mass is 28.4. The highest BCUT2D eigenvalue weighted by molar-refractivity contribution is 6.66. The summed E-state index contributed by atoms with van der Waals surface area (Å²) >= 11 is 0. The van der Waals surface area contributed by atoms with E-state index >= 15 is 0 Å². The van der Waals surface area contributed by atoms with Gasteiger partial charge in [-0.1, -0.05) is 13.8 Å². The highest BCUT2D eigenvalue weighted by Gasteiger charge is 2.28. The lowest BCUT2D eigenvalue weighted by Gasteiger charge is -2.26. The lowest BCUT2D eigenvalue weighted by atomic mass is 10.5. The van der Waals surface area contributed by atoms with Crippen molar-refractivity contribution in [3.05, 3.63) is 0 Å². The SMILES string of the molecule is CCN(CC)CC[Si](C)(OC)OC. The number of nitrogens with zero attached hydrogens (tertiary/aromatic N) is 1. The van der Waals surface area contributed by atoms with Gasteiger partial charge in [0.1, 0.15) is 0 Å². The van der Waals surface area contributed by atoms with E-state index in [0.717, 1.165) is 25.7 Å². The zero-order chi connectivity index (χ0) is 10.3. The summed E-state index contributed by atoms with van der Waals surface area (Å²) in [7, 11) is 1.66. The van der Waals surface area contributed by atoms with Gasteiger partial charge in [0.2, 0.25) is 0 Å². The summed E-state index contributed by atoms with van der Waals surface area (Å²) in [6.07, 6.45) is 0. The predicted octanol–water partition coefficient (Wildman–Crippen LogP) is 1.69. The lowest BCUT2D eigenvalue weighted by molar-refractivity contribution is 0.235. The summed E-state index contributed by atoms with van der Waals surface area (Å²) in [6.45, 7) is 9.76. The van der Waals surface area contributed by atoms with Crippen LogP contribution in [0.15, 0.2) is 0 Å². The monoisotopic (exact) mass is 205 g/mol. The minimum Gasteiger partial charge on any atom is -0.398 e. The van der Waals surface area contributed by atoms with Gasteiger partial charge in [-0.3, -0.25) is 0 Å². The fourth-order valence-corrected chi connectivity index (χ4v) is 2.49. The average molecular weight is 205 g/mol. The third kappa shape index (κ3) is 4.76. The van der Waals surface area contributed by atoms with E-state index in [4.69, 9.17) is 8.85 Å². The number of hydrogen-bond donors (Lipinski definition) is 0. The summed E-state index contributed by atoms with van der Waals surface area (Å²) in [5.74, 6) is 0. The third-order valence-electron chi connectivity index (χ3n) is 2.64. The quantitative estimate of drug-likeness (QED) is 0.590. The number of hydrogen-bond acceptors (Lipinski definition) is 3. The van der Waals surface area contributed by atoms with Crippen LogP contribution < -0.4 is 0 Å². The van der Waals surface area contributed by atoms with Gasteiger partial charge in [0.25, 0.3) is 0 Å². The molecule has 80 valence electrons. The minimum atomic E-state index is -1.83. The van der Waals surface area contributed by atoms with Crippen LogP contribution in [0.4, 0.5) is 0 Å². The Morgan fingerprint density at radius 1 is 1.08 bits per heavy atom. The molecule has 0 aromatic rings. The van der Waals surface area contributed by atoms with Crippen LogP contribution in [0.1, 0.15) is 13.8 Å². The van der Waals surface area contributed by atoms with E-state index in [9.17, 15) is 0 Å². The Morgan fingerprint density at radius 2 is 1.54 bits per heavy atom. The van der Waals surface area contributed by atoms with E-state index in [2.05, 4.69) is 25.3 Å². The molecule has 0 aromatic heterocycles. The maximum atomic E-state index is 5.42. The van der Waals surface area contributed by atoms with Crippen LogP contribution in [0.3, 0.4) is 0 Å². The second kappa shape index (κ2) is 6.54. The van der Waals surface area contributed by atoms with Crippen molar-refractivity contribution < 1.29 is 8.85 Å². The number of rotatable bonds is 7. The van der Waals surface area contributed by atoms with Gasteiger partial charge in [-0.25, -0.2) is 0 Å². The molecular weight excluding hydrogens is 182 g/mol. The van der Waals surface area contributed by atoms with Crippen molar-refractivity contribution in [1.82, 2.24) is 4.90 Å². The van der Waals surface area contributed by atoms with E-state index < -0.39 is 8.56 Å². The molecule has 0 rings (SSSR count). The first-order valence-corrected chi connectivity index (χ1v) is 7.46. The van der Waals surface area contributed by atoms with Crippen molar-refractivity contribution in [2.45, 2.75) is 26.4 Å². The van der Waals surface area contributed by atoms with E-state index in [-0.39, 0.29) is 0 Å². The largest absolute Gasteiger partial charge is 0.398 e. The van der Waals surface area contributed by atoms with Crippen LogP contribution in [0.5, 0.6) is 0 Å². The Hall–Kier alpha value is 0.0969. The zero-order valence-electron chi connectivity index (χ0n) is 9.59. The van der Waals surface area contributed by atoms with Crippen LogP contribution >= 0.6 is 0 Å². The molecule has 0 unspecified atom stereocenters. The first kappa shape index (κ1) is 13.1. The average Bonchev–Trinajstić information content (AvgIpc) is 2.19. The van der Waals surface area contributed by atoms with Gasteiger partial charge in [0.05, 0.1) is 0 Å². The molecular formula is C9H23NO2Si. The van der Waals surface area contributed by atoms with Crippen LogP contribution in [0.25, 0.3) is 0 Å². The molecule has 0 atom stereocenters. The fraction of sp³-hybridized carbons (Fsp3) is 1.00. The maximum absolute atomic E-state index is 5.42. The summed E-state index contributed by atoms with van der Waals surface area (Å²) in [5, 5.41) is 0. The Kier molecular flexibility index (Phi) is 6.58. The van der Waals surface area contributed by atoms with E-state index in [1.165, 1.54) is 0 Å². The molecule has 3 nitrogen and oxygen atoms in total. The molecule has 0 aliphatic carbocycles. The van der Waals surface area contributed by atoms with Crippen LogP contribution in [0.2, 0.25) is 12.6 Å². The van der Waals surface area contributed by atoms with Crippen LogP contribution in [0, 0.1) is 0 Å². The standard InChI is InChI=1S/C9H23NO2Si/c1-6-10(7-2)8-9-13(5,11-3)12-4/h6-9H2,1-5H3. The van der Waals surface area contributed by atoms with Gasteiger partial charge in [-0.2, -0.15) is 0 Å². The van der Waals surface area contributed by atoms with Gasteiger partial charge >= 0.3 is 8.56 Å². The van der Waals surface area contributed by atoms with Crippen LogP contribution in [-0.4, -0.2) is 47.3 Å². The van der Waals surface area contributed by atoms with Gasteiger partial charge in [-0.05, 0) is 19.6 Å². The molecule has 13 heavy (non-hydrogen) atoms. The Labute approximate surface area is 83.3 Å². The van der Waals surface area contributed by atoms with E-state index in [0.29, 0.717) is 0 Å². The first-order chi connectivity index (χ1) is 6.11. The Bertz CT molecular complexity index is 125. The van der Waals surface area contributed by atoms with Gasteiger partial charge in [0, 0.05) is 26.8 Å². The molecule has 0 N–H and O–H groups in total. The molecule has 4 heteroatoms. The predicted molar refractivity (Wildman–Crippen MR) is 58.2 cm³/mol. The molecule has 0 aliphatic heterocycles. The van der Waals surface area contributed by atoms with Crippen molar-refractivity contribution in [2.75, 3.05) is 33.9 Å². The van der Waals surface area contributed by atoms with Crippen LogP contribution in [-0.2, 0) is 8.85 Å². The third-order valence-corrected chi connectivity index (χ3v) is 5.50. The molecule has 0 saturated carbocycles. The van der Waals surface area contributed by atoms with Crippen molar-refractivity contribution in [1.29, 1.82) is 0 Å². The smallest absolute Gasteiger partial charge is 0.335 e. The van der Waals surface area contributed by atoms with E-state index in [1.54, 1.807) is 14.2 Å². The molecule has 0 saturated heterocycles. The molecule has 0 fully saturated rings. The summed E-state index contributed by atoms with van der Waals surface area (Å²) < 4.78 is 10.8. The van der Waals surface area contributed by atoms with E-state index in [1.807, 2.05) is 0 Å². The maximum Gasteiger partial charge on any atom is 0.335 e. The zero-order valence-corrected chi connectivity index (χ0v) is 10.6. The summed E-state index contributed by atoms with van der Waals surface area (Å²) in [5.41, 5.74) is 0. The first-order valence-electron chi connectivity index (χ1n) is 4.94. The molecule has 0 bridgehead atoms. The van der Waals surface area contributed by atoms with Crippen molar-refractivity contribution in [2.24, 2.45) is 0 Å². The molecule has 0 spiro atoms. The van der Waals surface area contributed by atoms with Gasteiger partial charge < -0.3 is 13.8 Å². The van der Waals surface area contributed by atoms with Crippen molar-refractivity contribution in [3.63, 3.8) is 0 Å². The highest BCUT2D eigenvalue weighted by Crippen LogP contribution is 2.11. The lowest BCUT2D eigenvalue weighted by Crippen LogP contribution is -2.40. The molecule has 0 heterocycles. The summed E-state index contributed by atoms with van der Waals surface area (Å²) in [6, 6.07) is 1.04. The molecule has 0 radical (unpaired) electrons. The molecule has 0 aromatic carbocycles. The van der Waals surface area contributed by atoms with Gasteiger partial charge in [0.15, 0.2) is 0 Å². The Morgan fingerprint density at radius 3 is 1.85 bits per heavy atom. The normalized spacial score (nSPS) is 12.5. The second-order valence-electron chi connectivity index (χ2n) is 3.32. The minimum absolute atomic E-state index is 1.04. The molecule has 0 aliphatic rings. The molecule has 0 amide bonds. The second-order valence-corrected chi connectivity index (χ2v) is 6.90.